The third kappa shape index (κ3) is 2.00. The summed E-state index contributed by atoms with van der Waals surface area (Å²) in [4.78, 5) is 0. The quantitative estimate of drug-likeness (QED) is 0.844. The molecular formula is C13H19NO2. The first-order chi connectivity index (χ1) is 7.76. The van der Waals surface area contributed by atoms with Crippen LogP contribution in [0.5, 0.6) is 11.5 Å². The van der Waals surface area contributed by atoms with E-state index in [9.17, 15) is 0 Å². The lowest BCUT2D eigenvalue weighted by Crippen LogP contribution is -2.21. The standard InChI is InChI=1S/C13H19NO2/c1-3-10(14)8-9-4-5-12-11(6-7-16-12)13(9)15-2/h4-5,10H,3,6-8,14H2,1-2H3. The summed E-state index contributed by atoms with van der Waals surface area (Å²) in [5.74, 6) is 1.93. The van der Waals surface area contributed by atoms with Crippen LogP contribution in [-0.4, -0.2) is 19.8 Å². The Bertz CT molecular complexity index is 376. The number of methoxy groups -OCH3 is 1. The fourth-order valence-electron chi connectivity index (χ4n) is 2.14. The van der Waals surface area contributed by atoms with Crippen molar-refractivity contribution in [1.29, 1.82) is 0 Å². The highest BCUT2D eigenvalue weighted by Gasteiger charge is 2.20. The van der Waals surface area contributed by atoms with Gasteiger partial charge in [0.05, 0.1) is 13.7 Å². The zero-order valence-electron chi connectivity index (χ0n) is 9.95. The zero-order valence-corrected chi connectivity index (χ0v) is 9.95. The SMILES string of the molecule is CCC(N)Cc1ccc2c(c1OC)CCO2. The second-order valence-electron chi connectivity index (χ2n) is 4.21. The minimum absolute atomic E-state index is 0.203. The molecule has 0 aliphatic carbocycles. The van der Waals surface area contributed by atoms with Crippen LogP contribution in [0.1, 0.15) is 24.5 Å². The molecule has 1 heterocycles. The normalized spacial score (nSPS) is 15.4. The van der Waals surface area contributed by atoms with Crippen LogP contribution in [0.4, 0.5) is 0 Å². The number of fused-ring (bicyclic) bond motifs is 1. The Hall–Kier alpha value is -1.22. The Morgan fingerprint density at radius 1 is 1.50 bits per heavy atom. The Labute approximate surface area is 96.5 Å². The fourth-order valence-corrected chi connectivity index (χ4v) is 2.14. The van der Waals surface area contributed by atoms with Gasteiger partial charge in [0.2, 0.25) is 0 Å². The molecule has 1 aliphatic rings. The molecular weight excluding hydrogens is 202 g/mol. The Morgan fingerprint density at radius 2 is 2.31 bits per heavy atom. The summed E-state index contributed by atoms with van der Waals surface area (Å²) in [5.41, 5.74) is 8.38. The molecule has 2 N–H and O–H groups in total. The highest BCUT2D eigenvalue weighted by molar-refractivity contribution is 5.52. The smallest absolute Gasteiger partial charge is 0.129 e. The van der Waals surface area contributed by atoms with Crippen molar-refractivity contribution in [2.24, 2.45) is 5.73 Å². The van der Waals surface area contributed by atoms with Crippen LogP contribution < -0.4 is 15.2 Å². The van der Waals surface area contributed by atoms with Crippen LogP contribution in [0, 0.1) is 0 Å². The molecule has 0 bridgehead atoms. The van der Waals surface area contributed by atoms with E-state index in [0.29, 0.717) is 0 Å². The largest absolute Gasteiger partial charge is 0.496 e. The van der Waals surface area contributed by atoms with Gasteiger partial charge in [-0.3, -0.25) is 0 Å². The molecule has 1 atom stereocenters. The Morgan fingerprint density at radius 3 is 3.00 bits per heavy atom. The zero-order chi connectivity index (χ0) is 11.5. The van der Waals surface area contributed by atoms with Gasteiger partial charge >= 0.3 is 0 Å². The summed E-state index contributed by atoms with van der Waals surface area (Å²) >= 11 is 0. The summed E-state index contributed by atoms with van der Waals surface area (Å²) in [6, 6.07) is 4.30. The van der Waals surface area contributed by atoms with Gasteiger partial charge in [-0.15, -0.1) is 0 Å². The number of rotatable bonds is 4. The second kappa shape index (κ2) is 4.74. The van der Waals surface area contributed by atoms with Gasteiger partial charge in [-0.2, -0.15) is 0 Å². The van der Waals surface area contributed by atoms with Gasteiger partial charge in [-0.25, -0.2) is 0 Å². The second-order valence-corrected chi connectivity index (χ2v) is 4.21. The first-order valence-electron chi connectivity index (χ1n) is 5.83. The molecule has 1 aromatic rings. The van der Waals surface area contributed by atoms with Crippen molar-refractivity contribution in [1.82, 2.24) is 0 Å². The van der Waals surface area contributed by atoms with E-state index >= 15 is 0 Å². The minimum Gasteiger partial charge on any atom is -0.496 e. The maximum absolute atomic E-state index is 5.99. The lowest BCUT2D eigenvalue weighted by molar-refractivity contribution is 0.356. The summed E-state index contributed by atoms with van der Waals surface area (Å²) < 4.78 is 11.0. The number of hydrogen-bond acceptors (Lipinski definition) is 3. The van der Waals surface area contributed by atoms with Crippen molar-refractivity contribution in [3.63, 3.8) is 0 Å². The van der Waals surface area contributed by atoms with Gasteiger partial charge < -0.3 is 15.2 Å². The third-order valence-corrected chi connectivity index (χ3v) is 3.12. The first kappa shape index (κ1) is 11.3. The average Bonchev–Trinajstić information content (AvgIpc) is 2.76. The molecule has 0 saturated heterocycles. The third-order valence-electron chi connectivity index (χ3n) is 3.12. The number of hydrogen-bond donors (Lipinski definition) is 1. The van der Waals surface area contributed by atoms with Crippen molar-refractivity contribution >= 4 is 0 Å². The van der Waals surface area contributed by atoms with Gasteiger partial charge in [-0.05, 0) is 24.5 Å². The highest BCUT2D eigenvalue weighted by atomic mass is 16.5. The van der Waals surface area contributed by atoms with Crippen LogP contribution in [0.2, 0.25) is 0 Å². The van der Waals surface area contributed by atoms with E-state index in [0.717, 1.165) is 37.4 Å². The van der Waals surface area contributed by atoms with Gasteiger partial charge in [0.25, 0.3) is 0 Å². The molecule has 1 unspecified atom stereocenters. The minimum atomic E-state index is 0.203. The average molecular weight is 221 g/mol. The Balaban J connectivity index is 2.31. The molecule has 2 rings (SSSR count). The molecule has 1 aromatic carbocycles. The van der Waals surface area contributed by atoms with E-state index in [4.69, 9.17) is 15.2 Å². The molecule has 88 valence electrons. The Kier molecular flexibility index (Phi) is 3.34. The van der Waals surface area contributed by atoms with Crippen LogP contribution in [0.3, 0.4) is 0 Å². The van der Waals surface area contributed by atoms with E-state index in [1.807, 2.05) is 6.07 Å². The van der Waals surface area contributed by atoms with Crippen molar-refractivity contribution in [3.8, 4) is 11.5 Å². The maximum atomic E-state index is 5.99. The van der Waals surface area contributed by atoms with Crippen LogP contribution in [0.25, 0.3) is 0 Å². The molecule has 3 nitrogen and oxygen atoms in total. The lowest BCUT2D eigenvalue weighted by atomic mass is 10.00. The molecule has 0 saturated carbocycles. The van der Waals surface area contributed by atoms with E-state index in [1.54, 1.807) is 7.11 Å². The van der Waals surface area contributed by atoms with E-state index < -0.39 is 0 Å². The summed E-state index contributed by atoms with van der Waals surface area (Å²) in [6.45, 7) is 2.86. The molecule has 3 heteroatoms. The maximum Gasteiger partial charge on any atom is 0.129 e. The highest BCUT2D eigenvalue weighted by Crippen LogP contribution is 2.36. The predicted octanol–water partition coefficient (Wildman–Crippen LogP) is 1.91. The number of nitrogens with two attached hydrogens (primary N) is 1. The van der Waals surface area contributed by atoms with Crippen LogP contribution >= 0.6 is 0 Å². The lowest BCUT2D eigenvalue weighted by Gasteiger charge is -2.15. The van der Waals surface area contributed by atoms with Crippen LogP contribution in [-0.2, 0) is 12.8 Å². The van der Waals surface area contributed by atoms with E-state index in [-0.39, 0.29) is 6.04 Å². The summed E-state index contributed by atoms with van der Waals surface area (Å²) in [7, 11) is 1.72. The van der Waals surface area contributed by atoms with Gasteiger partial charge in [-0.1, -0.05) is 13.0 Å². The van der Waals surface area contributed by atoms with Gasteiger partial charge in [0.1, 0.15) is 11.5 Å². The monoisotopic (exact) mass is 221 g/mol. The molecule has 0 radical (unpaired) electrons. The van der Waals surface area contributed by atoms with E-state index in [1.165, 1.54) is 11.1 Å². The fraction of sp³-hybridized carbons (Fsp3) is 0.538. The van der Waals surface area contributed by atoms with E-state index in [2.05, 4.69) is 13.0 Å². The number of ether oxygens (including phenoxy) is 2. The molecule has 0 fully saturated rings. The van der Waals surface area contributed by atoms with Crippen molar-refractivity contribution in [2.75, 3.05) is 13.7 Å². The molecule has 0 amide bonds. The van der Waals surface area contributed by atoms with Crippen molar-refractivity contribution in [3.05, 3.63) is 23.3 Å². The summed E-state index contributed by atoms with van der Waals surface area (Å²) in [6.07, 6.45) is 2.79. The van der Waals surface area contributed by atoms with Crippen molar-refractivity contribution in [2.45, 2.75) is 32.2 Å². The summed E-state index contributed by atoms with van der Waals surface area (Å²) in [5, 5.41) is 0. The molecule has 0 aromatic heterocycles. The molecule has 0 spiro atoms. The molecule has 16 heavy (non-hydrogen) atoms. The van der Waals surface area contributed by atoms with Crippen molar-refractivity contribution < 1.29 is 9.47 Å². The first-order valence-corrected chi connectivity index (χ1v) is 5.83. The van der Waals surface area contributed by atoms with Gasteiger partial charge in [0, 0.05) is 18.0 Å². The molecule has 1 aliphatic heterocycles. The predicted molar refractivity (Wildman–Crippen MR) is 64.2 cm³/mol. The number of benzene rings is 1. The topological polar surface area (TPSA) is 44.5 Å². The van der Waals surface area contributed by atoms with Gasteiger partial charge in [0.15, 0.2) is 0 Å². The van der Waals surface area contributed by atoms with Crippen LogP contribution in [0.15, 0.2) is 12.1 Å².